The number of hydrogen-bond donors (Lipinski definition) is 2. The Morgan fingerprint density at radius 2 is 1.79 bits per heavy atom. The van der Waals surface area contributed by atoms with E-state index >= 15 is 0 Å². The number of aliphatic imine (C=N–C) groups is 1. The summed E-state index contributed by atoms with van der Waals surface area (Å²) in [5, 5.41) is 6.42. The van der Waals surface area contributed by atoms with Crippen molar-refractivity contribution >= 4 is 29.9 Å². The summed E-state index contributed by atoms with van der Waals surface area (Å²) in [5.74, 6) is 0.830. The minimum absolute atomic E-state index is 0. The third kappa shape index (κ3) is 15.9. The molecule has 0 saturated heterocycles. The molecule has 5 nitrogen and oxygen atoms in total. The van der Waals surface area contributed by atoms with Gasteiger partial charge in [-0.05, 0) is 20.3 Å². The van der Waals surface area contributed by atoms with E-state index in [1.807, 2.05) is 6.92 Å². The van der Waals surface area contributed by atoms with Crippen molar-refractivity contribution in [3.8, 4) is 0 Å². The molecule has 0 aromatic heterocycles. The van der Waals surface area contributed by atoms with Crippen molar-refractivity contribution in [3.05, 3.63) is 0 Å². The summed E-state index contributed by atoms with van der Waals surface area (Å²) >= 11 is 0. The highest BCUT2D eigenvalue weighted by atomic mass is 127. The average molecular weight is 387 g/mol. The predicted octanol–water partition coefficient (Wildman–Crippen LogP) is 2.01. The largest absolute Gasteiger partial charge is 0.380 e. The van der Waals surface area contributed by atoms with Crippen molar-refractivity contribution in [1.82, 2.24) is 10.6 Å². The molecule has 0 unspecified atom stereocenters. The number of guanidine groups is 1. The van der Waals surface area contributed by atoms with E-state index in [-0.39, 0.29) is 24.0 Å². The standard InChI is InChI=1S/C13H29N3O2.HI/c1-4-7-10-18-12-9-16-13(14-5-2)15-8-11-17-6-3;/h4-12H2,1-3H3,(H2,14,15,16);1H. The fourth-order valence-corrected chi connectivity index (χ4v) is 1.30. The van der Waals surface area contributed by atoms with Gasteiger partial charge in [0.25, 0.3) is 0 Å². The molecule has 0 rings (SSSR count). The number of unbranched alkanes of at least 4 members (excludes halogenated alkanes) is 1. The van der Waals surface area contributed by atoms with Crippen LogP contribution in [-0.2, 0) is 9.47 Å². The summed E-state index contributed by atoms with van der Waals surface area (Å²) in [7, 11) is 0. The lowest BCUT2D eigenvalue weighted by molar-refractivity contribution is 0.135. The van der Waals surface area contributed by atoms with Gasteiger partial charge in [0.15, 0.2) is 5.96 Å². The lowest BCUT2D eigenvalue weighted by atomic mass is 10.4. The van der Waals surface area contributed by atoms with E-state index in [9.17, 15) is 0 Å². The van der Waals surface area contributed by atoms with E-state index in [0.29, 0.717) is 13.2 Å². The second-order valence-electron chi connectivity index (χ2n) is 3.85. The minimum Gasteiger partial charge on any atom is -0.380 e. The van der Waals surface area contributed by atoms with Crippen LogP contribution in [0.5, 0.6) is 0 Å². The smallest absolute Gasteiger partial charge is 0.191 e. The number of nitrogens with zero attached hydrogens (tertiary/aromatic N) is 1. The molecule has 0 amide bonds. The normalized spacial score (nSPS) is 11.0. The highest BCUT2D eigenvalue weighted by molar-refractivity contribution is 14.0. The molecule has 2 N–H and O–H groups in total. The Kier molecular flexibility index (Phi) is 20.0. The van der Waals surface area contributed by atoms with E-state index in [1.54, 1.807) is 0 Å². The fourth-order valence-electron chi connectivity index (χ4n) is 1.30. The maximum atomic E-state index is 5.48. The Morgan fingerprint density at radius 3 is 2.42 bits per heavy atom. The zero-order valence-corrected chi connectivity index (χ0v) is 14.9. The molecule has 0 spiro atoms. The van der Waals surface area contributed by atoms with Gasteiger partial charge in [0.1, 0.15) is 0 Å². The molecule has 0 atom stereocenters. The van der Waals surface area contributed by atoms with Gasteiger partial charge in [0.2, 0.25) is 0 Å². The molecular weight excluding hydrogens is 357 g/mol. The van der Waals surface area contributed by atoms with Gasteiger partial charge in [-0.2, -0.15) is 0 Å². The highest BCUT2D eigenvalue weighted by Crippen LogP contribution is 1.86. The summed E-state index contributed by atoms with van der Waals surface area (Å²) in [6, 6.07) is 0. The summed E-state index contributed by atoms with van der Waals surface area (Å²) < 4.78 is 10.7. The van der Waals surface area contributed by atoms with Gasteiger partial charge in [0.05, 0.1) is 19.8 Å². The van der Waals surface area contributed by atoms with Crippen LogP contribution >= 0.6 is 24.0 Å². The average Bonchev–Trinajstić information content (AvgIpc) is 2.38. The molecule has 0 radical (unpaired) electrons. The van der Waals surface area contributed by atoms with Crippen LogP contribution in [0.3, 0.4) is 0 Å². The van der Waals surface area contributed by atoms with Gasteiger partial charge >= 0.3 is 0 Å². The van der Waals surface area contributed by atoms with E-state index < -0.39 is 0 Å². The third-order valence-corrected chi connectivity index (χ3v) is 2.23. The van der Waals surface area contributed by atoms with E-state index in [1.165, 1.54) is 6.42 Å². The molecule has 0 bridgehead atoms. The first-order chi connectivity index (χ1) is 8.85. The minimum atomic E-state index is 0. The van der Waals surface area contributed by atoms with Crippen molar-refractivity contribution in [2.24, 2.45) is 4.99 Å². The van der Waals surface area contributed by atoms with Gasteiger partial charge in [0, 0.05) is 26.3 Å². The summed E-state index contributed by atoms with van der Waals surface area (Å²) in [6.45, 7) is 11.5. The maximum Gasteiger partial charge on any atom is 0.191 e. The summed E-state index contributed by atoms with van der Waals surface area (Å²) in [6.07, 6.45) is 2.30. The predicted molar refractivity (Wildman–Crippen MR) is 91.6 cm³/mol. The molecule has 0 heterocycles. The van der Waals surface area contributed by atoms with Crippen molar-refractivity contribution in [2.45, 2.75) is 33.6 Å². The highest BCUT2D eigenvalue weighted by Gasteiger charge is 1.96. The quantitative estimate of drug-likeness (QED) is 0.247. The van der Waals surface area contributed by atoms with Gasteiger partial charge in [-0.15, -0.1) is 24.0 Å². The van der Waals surface area contributed by atoms with E-state index in [2.05, 4.69) is 29.5 Å². The lowest BCUT2D eigenvalue weighted by Gasteiger charge is -2.11. The van der Waals surface area contributed by atoms with Gasteiger partial charge in [-0.3, -0.25) is 4.99 Å². The zero-order chi connectivity index (χ0) is 13.5. The first-order valence-electron chi connectivity index (χ1n) is 7.02. The van der Waals surface area contributed by atoms with Crippen LogP contribution < -0.4 is 10.6 Å². The summed E-state index contributed by atoms with van der Waals surface area (Å²) in [5.41, 5.74) is 0. The van der Waals surface area contributed by atoms with Crippen LogP contribution in [0.15, 0.2) is 4.99 Å². The topological polar surface area (TPSA) is 54.9 Å². The Morgan fingerprint density at radius 1 is 1.00 bits per heavy atom. The number of ether oxygens (including phenoxy) is 2. The molecule has 19 heavy (non-hydrogen) atoms. The van der Waals surface area contributed by atoms with Crippen molar-refractivity contribution < 1.29 is 9.47 Å². The Bertz CT molecular complexity index is 204. The van der Waals surface area contributed by atoms with Gasteiger partial charge < -0.3 is 20.1 Å². The molecule has 6 heteroatoms. The zero-order valence-electron chi connectivity index (χ0n) is 12.5. The number of nitrogens with one attached hydrogen (secondary N) is 2. The SMILES string of the molecule is CCCCOCCNC(=NCCOCC)NCC.I. The lowest BCUT2D eigenvalue weighted by Crippen LogP contribution is -2.39. The third-order valence-electron chi connectivity index (χ3n) is 2.23. The Balaban J connectivity index is 0. The Hall–Kier alpha value is -0.0800. The molecular formula is C13H30IN3O2. The molecule has 0 aromatic carbocycles. The first kappa shape index (κ1) is 21.2. The molecule has 0 aliphatic rings. The fraction of sp³-hybridized carbons (Fsp3) is 0.923. The monoisotopic (exact) mass is 387 g/mol. The van der Waals surface area contributed by atoms with Crippen LogP contribution in [0.4, 0.5) is 0 Å². The number of halogens is 1. The van der Waals surface area contributed by atoms with Crippen LogP contribution in [0, 0.1) is 0 Å². The van der Waals surface area contributed by atoms with E-state index in [4.69, 9.17) is 9.47 Å². The van der Waals surface area contributed by atoms with E-state index in [0.717, 1.165) is 45.3 Å². The summed E-state index contributed by atoms with van der Waals surface area (Å²) in [4.78, 5) is 4.40. The molecule has 0 saturated carbocycles. The van der Waals surface area contributed by atoms with Crippen molar-refractivity contribution in [3.63, 3.8) is 0 Å². The Labute approximate surface area is 134 Å². The van der Waals surface area contributed by atoms with Crippen LogP contribution in [0.2, 0.25) is 0 Å². The maximum absolute atomic E-state index is 5.48. The second-order valence-corrected chi connectivity index (χ2v) is 3.85. The van der Waals surface area contributed by atoms with Crippen LogP contribution in [0.1, 0.15) is 33.6 Å². The molecule has 0 aliphatic heterocycles. The molecule has 116 valence electrons. The number of hydrogen-bond acceptors (Lipinski definition) is 3. The second kappa shape index (κ2) is 17.9. The van der Waals surface area contributed by atoms with Crippen LogP contribution in [-0.4, -0.2) is 52.0 Å². The van der Waals surface area contributed by atoms with Crippen molar-refractivity contribution in [2.75, 3.05) is 46.1 Å². The molecule has 0 aliphatic carbocycles. The van der Waals surface area contributed by atoms with Gasteiger partial charge in [-0.25, -0.2) is 0 Å². The van der Waals surface area contributed by atoms with Gasteiger partial charge in [-0.1, -0.05) is 13.3 Å². The first-order valence-corrected chi connectivity index (χ1v) is 7.02. The molecule has 0 aromatic rings. The number of rotatable bonds is 11. The van der Waals surface area contributed by atoms with Crippen LogP contribution in [0.25, 0.3) is 0 Å². The molecule has 0 fully saturated rings. The van der Waals surface area contributed by atoms with Crippen molar-refractivity contribution in [1.29, 1.82) is 0 Å².